The van der Waals surface area contributed by atoms with E-state index in [1.54, 1.807) is 12.1 Å². The summed E-state index contributed by atoms with van der Waals surface area (Å²) in [6.07, 6.45) is 0. The Morgan fingerprint density at radius 2 is 0.982 bits per heavy atom. The number of benzene rings is 6. The molecule has 1 aliphatic carbocycles. The first-order valence-corrected chi connectivity index (χ1v) is 18.1. The Hall–Kier alpha value is -5.97. The molecule has 2 bridgehead atoms. The molecule has 11 heteroatoms. The molecular weight excluding hydrogens is 743 g/mol. The first kappa shape index (κ1) is 33.6. The highest BCUT2D eigenvalue weighted by Gasteiger charge is 2.63. The Morgan fingerprint density at radius 1 is 0.527 bits per heavy atom. The van der Waals surface area contributed by atoms with Crippen molar-refractivity contribution in [3.05, 3.63) is 187 Å². The molecule has 270 valence electrons. The van der Waals surface area contributed by atoms with Gasteiger partial charge in [0.2, 0.25) is 0 Å². The van der Waals surface area contributed by atoms with Crippen LogP contribution in [0, 0.1) is 0 Å². The predicted octanol–water partition coefficient (Wildman–Crippen LogP) is 9.27. The molecule has 2 atom stereocenters. The van der Waals surface area contributed by atoms with Crippen LogP contribution in [0.3, 0.4) is 0 Å². The minimum Gasteiger partial charge on any atom is -0.456 e. The summed E-state index contributed by atoms with van der Waals surface area (Å²) >= 11 is 13.6. The molecule has 0 saturated carbocycles. The molecule has 4 heterocycles. The van der Waals surface area contributed by atoms with Crippen molar-refractivity contribution >= 4 is 41.1 Å². The summed E-state index contributed by atoms with van der Waals surface area (Å²) in [5.41, 5.74) is 1.82. The van der Waals surface area contributed by atoms with Crippen LogP contribution in [0.2, 0.25) is 10.0 Å². The Bertz CT molecular complexity index is 2610. The fourth-order valence-electron chi connectivity index (χ4n) is 8.57. The second kappa shape index (κ2) is 11.8. The monoisotopic (exact) mass is 768 g/mol. The molecular formula is C44H26Cl2O9. The van der Waals surface area contributed by atoms with Gasteiger partial charge in [-0.25, -0.2) is 14.6 Å². The summed E-state index contributed by atoms with van der Waals surface area (Å²) in [5, 5.41) is 0.137. The van der Waals surface area contributed by atoms with Gasteiger partial charge in [0.25, 0.3) is 0 Å². The number of hydrogen-bond donors (Lipinski definition) is 0. The smallest absolute Gasteiger partial charge is 0.340 e. The standard InChI is InChI=1S/C44H26Cl2O9/c1-23(47)50-39-21-37-33(19-35(39)45)44(34-20-36(46)40(51-24(2)48)22-38(34)52-37)30-18-32-31(17-27(30)41(49)53-44)42(25-11-5-3-6-12-25)28-15-9-10-16-29(28)43(32,55-54-42)26-13-7-4-8-14-26/h3-22H,1-2H3. The van der Waals surface area contributed by atoms with Crippen molar-refractivity contribution in [1.29, 1.82) is 0 Å². The molecule has 1 spiro atoms. The number of ether oxygens (including phenoxy) is 4. The second-order valence-electron chi connectivity index (χ2n) is 13.7. The van der Waals surface area contributed by atoms with Gasteiger partial charge in [0, 0.05) is 64.9 Å². The van der Waals surface area contributed by atoms with Gasteiger partial charge in [-0.05, 0) is 35.4 Å². The molecule has 0 fully saturated rings. The maximum absolute atomic E-state index is 14.5. The highest BCUT2D eigenvalue weighted by Crippen LogP contribution is 2.65. The van der Waals surface area contributed by atoms with E-state index in [0.29, 0.717) is 27.8 Å². The molecule has 55 heavy (non-hydrogen) atoms. The van der Waals surface area contributed by atoms with Gasteiger partial charge in [0.05, 0.1) is 15.6 Å². The summed E-state index contributed by atoms with van der Waals surface area (Å²) in [5.74, 6) is -1.43. The minimum atomic E-state index is -1.71. The van der Waals surface area contributed by atoms with E-state index in [1.165, 1.54) is 26.0 Å². The van der Waals surface area contributed by atoms with Gasteiger partial charge in [-0.1, -0.05) is 108 Å². The molecule has 0 N–H and O–H groups in total. The Kier molecular flexibility index (Phi) is 7.18. The highest BCUT2D eigenvalue weighted by molar-refractivity contribution is 6.33. The van der Waals surface area contributed by atoms with Gasteiger partial charge in [-0.3, -0.25) is 9.59 Å². The second-order valence-corrected chi connectivity index (χ2v) is 14.5. The number of esters is 3. The maximum atomic E-state index is 14.5. The van der Waals surface area contributed by atoms with E-state index in [0.717, 1.165) is 22.3 Å². The molecule has 9 nitrogen and oxygen atoms in total. The van der Waals surface area contributed by atoms with Gasteiger partial charge < -0.3 is 18.9 Å². The number of carbonyl (C=O) groups is 3. The molecule has 0 amide bonds. The van der Waals surface area contributed by atoms with Crippen LogP contribution >= 0.6 is 23.2 Å². The SMILES string of the molecule is CC(=O)Oc1cc2c(cc1Cl)C1(OC(=O)c3cc4c(cc31)C1(c3ccccc3)OOC4(c3ccccc3)c3ccccc31)c1cc(Cl)c(OC(C)=O)cc1O2. The lowest BCUT2D eigenvalue weighted by molar-refractivity contribution is -0.410. The number of fused-ring (bicyclic) bond motifs is 7. The highest BCUT2D eigenvalue weighted by atomic mass is 35.5. The Balaban J connectivity index is 1.32. The molecule has 5 aliphatic rings. The van der Waals surface area contributed by atoms with Crippen LogP contribution in [0.4, 0.5) is 0 Å². The lowest BCUT2D eigenvalue weighted by Gasteiger charge is -2.54. The summed E-state index contributed by atoms with van der Waals surface area (Å²) < 4.78 is 23.8. The number of hydrogen-bond acceptors (Lipinski definition) is 9. The van der Waals surface area contributed by atoms with E-state index in [9.17, 15) is 14.4 Å². The van der Waals surface area contributed by atoms with Crippen molar-refractivity contribution in [1.82, 2.24) is 0 Å². The minimum absolute atomic E-state index is 0.0305. The summed E-state index contributed by atoms with van der Waals surface area (Å²) in [6, 6.07) is 37.2. The van der Waals surface area contributed by atoms with Crippen molar-refractivity contribution in [3.63, 3.8) is 0 Å². The zero-order chi connectivity index (χ0) is 37.9. The fraction of sp³-hybridized carbons (Fsp3) is 0.114. The Labute approximate surface area is 323 Å². The zero-order valence-electron chi connectivity index (χ0n) is 29.0. The third kappa shape index (κ3) is 4.46. The number of carbonyl (C=O) groups excluding carboxylic acids is 3. The van der Waals surface area contributed by atoms with Crippen LogP contribution in [0.15, 0.2) is 121 Å². The van der Waals surface area contributed by atoms with Crippen molar-refractivity contribution in [2.45, 2.75) is 30.7 Å². The Morgan fingerprint density at radius 3 is 1.45 bits per heavy atom. The first-order valence-electron chi connectivity index (χ1n) is 17.3. The van der Waals surface area contributed by atoms with E-state index < -0.39 is 34.7 Å². The summed E-state index contributed by atoms with van der Waals surface area (Å²) in [6.45, 7) is 2.50. The lowest BCUT2D eigenvalue weighted by atomic mass is 9.61. The molecule has 0 aromatic heterocycles. The van der Waals surface area contributed by atoms with Gasteiger partial charge >= 0.3 is 17.9 Å². The van der Waals surface area contributed by atoms with E-state index in [4.69, 9.17) is 51.9 Å². The maximum Gasteiger partial charge on any atom is 0.340 e. The topological polar surface area (TPSA) is 107 Å². The van der Waals surface area contributed by atoms with Gasteiger partial charge in [-0.2, -0.15) is 0 Å². The van der Waals surface area contributed by atoms with Crippen molar-refractivity contribution in [3.8, 4) is 23.0 Å². The molecule has 2 unspecified atom stereocenters. The fourth-order valence-corrected chi connectivity index (χ4v) is 8.97. The summed E-state index contributed by atoms with van der Waals surface area (Å²) in [7, 11) is 0. The van der Waals surface area contributed by atoms with Crippen LogP contribution in [-0.4, -0.2) is 17.9 Å². The van der Waals surface area contributed by atoms with Crippen molar-refractivity contribution < 1.29 is 43.1 Å². The first-order chi connectivity index (χ1) is 26.6. The lowest BCUT2D eigenvalue weighted by Crippen LogP contribution is -2.53. The van der Waals surface area contributed by atoms with Crippen LogP contribution in [0.1, 0.15) is 74.3 Å². The average Bonchev–Trinajstić information content (AvgIpc) is 3.47. The zero-order valence-corrected chi connectivity index (χ0v) is 30.5. The van der Waals surface area contributed by atoms with Gasteiger partial charge in [0.1, 0.15) is 11.5 Å². The predicted molar refractivity (Wildman–Crippen MR) is 199 cm³/mol. The quantitative estimate of drug-likeness (QED) is 0.0986. The third-order valence-corrected chi connectivity index (χ3v) is 11.2. The largest absolute Gasteiger partial charge is 0.456 e. The van der Waals surface area contributed by atoms with Crippen LogP contribution in [0.5, 0.6) is 23.0 Å². The van der Waals surface area contributed by atoms with E-state index in [1.807, 2.05) is 97.1 Å². The molecule has 11 rings (SSSR count). The third-order valence-electron chi connectivity index (χ3n) is 10.7. The molecule has 4 aliphatic heterocycles. The van der Waals surface area contributed by atoms with Crippen LogP contribution in [-0.2, 0) is 40.9 Å². The van der Waals surface area contributed by atoms with E-state index in [-0.39, 0.29) is 38.6 Å². The number of halogens is 2. The number of rotatable bonds is 4. The molecule has 6 aromatic carbocycles. The van der Waals surface area contributed by atoms with E-state index in [2.05, 4.69) is 0 Å². The van der Waals surface area contributed by atoms with Crippen LogP contribution in [0.25, 0.3) is 0 Å². The molecule has 6 aromatic rings. The van der Waals surface area contributed by atoms with Crippen molar-refractivity contribution in [2.75, 3.05) is 0 Å². The van der Waals surface area contributed by atoms with E-state index >= 15 is 0 Å². The van der Waals surface area contributed by atoms with Crippen LogP contribution < -0.4 is 14.2 Å². The van der Waals surface area contributed by atoms with Gasteiger partial charge in [0.15, 0.2) is 28.3 Å². The summed E-state index contributed by atoms with van der Waals surface area (Å²) in [4.78, 5) is 52.0. The molecule has 0 saturated heterocycles. The average molecular weight is 770 g/mol. The normalized spacial score (nSPS) is 20.3. The molecule has 0 radical (unpaired) electrons. The van der Waals surface area contributed by atoms with Gasteiger partial charge in [-0.15, -0.1) is 0 Å². The van der Waals surface area contributed by atoms with Crippen molar-refractivity contribution in [2.24, 2.45) is 0 Å².